The second kappa shape index (κ2) is 7.60. The van der Waals surface area contributed by atoms with Crippen molar-refractivity contribution in [3.8, 4) is 0 Å². The number of aliphatic hydroxyl groups excluding tert-OH is 1. The van der Waals surface area contributed by atoms with E-state index >= 15 is 0 Å². The van der Waals surface area contributed by atoms with Gasteiger partial charge in [-0.1, -0.05) is 12.1 Å². The van der Waals surface area contributed by atoms with Gasteiger partial charge in [-0.25, -0.2) is 4.79 Å². The van der Waals surface area contributed by atoms with E-state index in [4.69, 9.17) is 10.2 Å². The third-order valence-corrected chi connectivity index (χ3v) is 4.14. The first-order valence-corrected chi connectivity index (χ1v) is 7.03. The molecule has 0 radical (unpaired) electrons. The zero-order valence-corrected chi connectivity index (χ0v) is 10.4. The van der Waals surface area contributed by atoms with Crippen LogP contribution in [0.1, 0.15) is 10.4 Å². The number of carbonyl (C=O) groups is 1. The molecule has 0 aliphatic rings. The summed E-state index contributed by atoms with van der Waals surface area (Å²) in [5.74, 6) is 1.63. The summed E-state index contributed by atoms with van der Waals surface area (Å²) >= 11 is 3.21. The molecule has 88 valence electrons. The van der Waals surface area contributed by atoms with Crippen molar-refractivity contribution in [1.29, 1.82) is 0 Å². The van der Waals surface area contributed by atoms with Crippen molar-refractivity contribution in [3.63, 3.8) is 0 Å². The third kappa shape index (κ3) is 4.47. The molecule has 0 bridgehead atoms. The van der Waals surface area contributed by atoms with Crippen molar-refractivity contribution >= 4 is 29.5 Å². The van der Waals surface area contributed by atoms with Crippen LogP contribution in [0.15, 0.2) is 29.2 Å². The van der Waals surface area contributed by atoms with E-state index in [-0.39, 0.29) is 6.61 Å². The average Bonchev–Trinajstić information content (AvgIpc) is 2.29. The fourth-order valence-corrected chi connectivity index (χ4v) is 2.99. The van der Waals surface area contributed by atoms with E-state index in [1.807, 2.05) is 12.1 Å². The number of aliphatic hydroxyl groups is 1. The number of thioether (sulfide) groups is 2. The molecule has 1 aromatic rings. The van der Waals surface area contributed by atoms with Gasteiger partial charge in [0.1, 0.15) is 0 Å². The van der Waals surface area contributed by atoms with Crippen molar-refractivity contribution in [1.82, 2.24) is 0 Å². The molecule has 0 heterocycles. The lowest BCUT2D eigenvalue weighted by Gasteiger charge is -2.04. The molecule has 0 unspecified atom stereocenters. The van der Waals surface area contributed by atoms with Gasteiger partial charge in [0, 0.05) is 22.2 Å². The Labute approximate surface area is 103 Å². The van der Waals surface area contributed by atoms with E-state index in [0.717, 1.165) is 22.2 Å². The molecule has 1 aromatic carbocycles. The van der Waals surface area contributed by atoms with Crippen molar-refractivity contribution in [2.24, 2.45) is 0 Å². The predicted molar refractivity (Wildman–Crippen MR) is 68.5 cm³/mol. The number of carboxylic acid groups (broad SMARTS) is 1. The van der Waals surface area contributed by atoms with Crippen molar-refractivity contribution < 1.29 is 15.0 Å². The van der Waals surface area contributed by atoms with Crippen molar-refractivity contribution in [2.75, 3.05) is 23.9 Å². The van der Waals surface area contributed by atoms with Crippen molar-refractivity contribution in [2.45, 2.75) is 4.90 Å². The lowest BCUT2D eigenvalue weighted by atomic mass is 10.2. The second-order valence-electron chi connectivity index (χ2n) is 2.99. The maximum atomic E-state index is 10.9. The Bertz CT molecular complexity index is 342. The molecule has 0 aromatic heterocycles. The summed E-state index contributed by atoms with van der Waals surface area (Å²) < 4.78 is 0. The minimum Gasteiger partial charge on any atom is -0.478 e. The largest absolute Gasteiger partial charge is 0.478 e. The molecule has 0 spiro atoms. The van der Waals surface area contributed by atoms with E-state index in [0.29, 0.717) is 5.56 Å². The smallest absolute Gasteiger partial charge is 0.336 e. The first kappa shape index (κ1) is 13.4. The number of hydrogen-bond donors (Lipinski definition) is 2. The summed E-state index contributed by atoms with van der Waals surface area (Å²) in [5, 5.41) is 17.5. The maximum Gasteiger partial charge on any atom is 0.336 e. The minimum atomic E-state index is -0.883. The molecule has 0 aliphatic heterocycles. The van der Waals surface area contributed by atoms with Gasteiger partial charge in [0.2, 0.25) is 0 Å². The van der Waals surface area contributed by atoms with Gasteiger partial charge in [-0.2, -0.15) is 11.8 Å². The number of benzene rings is 1. The Hall–Kier alpha value is -0.650. The molecule has 2 N–H and O–H groups in total. The molecule has 16 heavy (non-hydrogen) atoms. The summed E-state index contributed by atoms with van der Waals surface area (Å²) in [6.07, 6.45) is 0. The molecule has 5 heteroatoms. The Morgan fingerprint density at radius 2 is 1.94 bits per heavy atom. The van der Waals surface area contributed by atoms with Gasteiger partial charge >= 0.3 is 5.97 Å². The van der Waals surface area contributed by atoms with Crippen LogP contribution in [-0.2, 0) is 0 Å². The summed E-state index contributed by atoms with van der Waals surface area (Å²) in [6.45, 7) is 0.195. The van der Waals surface area contributed by atoms with E-state index < -0.39 is 5.97 Å². The zero-order chi connectivity index (χ0) is 11.8. The number of aromatic carboxylic acids is 1. The highest BCUT2D eigenvalue weighted by Crippen LogP contribution is 2.23. The Kier molecular flexibility index (Phi) is 6.37. The fraction of sp³-hybridized carbons (Fsp3) is 0.364. The first-order chi connectivity index (χ1) is 7.75. The van der Waals surface area contributed by atoms with Crippen LogP contribution in [0.4, 0.5) is 0 Å². The topological polar surface area (TPSA) is 57.5 Å². The van der Waals surface area contributed by atoms with Crippen LogP contribution in [0.5, 0.6) is 0 Å². The SMILES string of the molecule is O=C(O)c1ccccc1SCCSCCO. The highest BCUT2D eigenvalue weighted by Gasteiger charge is 2.08. The maximum absolute atomic E-state index is 10.9. The van der Waals surface area contributed by atoms with Crippen molar-refractivity contribution in [3.05, 3.63) is 29.8 Å². The molecule has 1 rings (SSSR count). The first-order valence-electron chi connectivity index (χ1n) is 4.89. The Balaban J connectivity index is 2.44. The van der Waals surface area contributed by atoms with Gasteiger partial charge in [0.15, 0.2) is 0 Å². The van der Waals surface area contributed by atoms with Crippen LogP contribution in [0, 0.1) is 0 Å². The predicted octanol–water partition coefficient (Wildman–Crippen LogP) is 2.20. The van der Waals surface area contributed by atoms with E-state index in [9.17, 15) is 4.79 Å². The number of hydrogen-bond acceptors (Lipinski definition) is 4. The highest BCUT2D eigenvalue weighted by molar-refractivity contribution is 8.03. The van der Waals surface area contributed by atoms with Gasteiger partial charge in [0.25, 0.3) is 0 Å². The summed E-state index contributed by atoms with van der Waals surface area (Å²) in [5.41, 5.74) is 0.361. The van der Waals surface area contributed by atoms with Gasteiger partial charge < -0.3 is 10.2 Å². The van der Waals surface area contributed by atoms with Crippen LogP contribution < -0.4 is 0 Å². The molecule has 0 aliphatic carbocycles. The molecule has 0 amide bonds. The monoisotopic (exact) mass is 258 g/mol. The lowest BCUT2D eigenvalue weighted by Crippen LogP contribution is -1.99. The third-order valence-electron chi connectivity index (χ3n) is 1.84. The standard InChI is InChI=1S/C11H14O3S2/c12-5-6-15-7-8-16-10-4-2-1-3-9(10)11(13)14/h1-4,12H,5-8H2,(H,13,14). The molecule has 0 fully saturated rings. The number of carboxylic acids is 1. The normalized spacial score (nSPS) is 10.3. The van der Waals surface area contributed by atoms with E-state index in [1.165, 1.54) is 0 Å². The van der Waals surface area contributed by atoms with Crippen LogP contribution in [0.25, 0.3) is 0 Å². The van der Waals surface area contributed by atoms with Crippen LogP contribution in [-0.4, -0.2) is 40.0 Å². The lowest BCUT2D eigenvalue weighted by molar-refractivity contribution is 0.0693. The molecule has 0 saturated heterocycles. The van der Waals surface area contributed by atoms with Gasteiger partial charge in [-0.3, -0.25) is 0 Å². The fourth-order valence-electron chi connectivity index (χ4n) is 1.15. The van der Waals surface area contributed by atoms with E-state index in [2.05, 4.69) is 0 Å². The molecule has 0 saturated carbocycles. The zero-order valence-electron chi connectivity index (χ0n) is 8.76. The Morgan fingerprint density at radius 1 is 1.19 bits per heavy atom. The van der Waals surface area contributed by atoms with Crippen LogP contribution in [0.3, 0.4) is 0 Å². The van der Waals surface area contributed by atoms with Crippen LogP contribution in [0.2, 0.25) is 0 Å². The van der Waals surface area contributed by atoms with E-state index in [1.54, 1.807) is 35.7 Å². The average molecular weight is 258 g/mol. The minimum absolute atomic E-state index is 0.195. The molecular formula is C11H14O3S2. The molecule has 3 nitrogen and oxygen atoms in total. The van der Waals surface area contributed by atoms with Gasteiger partial charge in [-0.15, -0.1) is 11.8 Å². The second-order valence-corrected chi connectivity index (χ2v) is 5.35. The molecule has 0 atom stereocenters. The summed E-state index contributed by atoms with van der Waals surface area (Å²) in [7, 11) is 0. The summed E-state index contributed by atoms with van der Waals surface area (Å²) in [4.78, 5) is 11.7. The van der Waals surface area contributed by atoms with Crippen LogP contribution >= 0.6 is 23.5 Å². The summed E-state index contributed by atoms with van der Waals surface area (Å²) in [6, 6.07) is 7.01. The van der Waals surface area contributed by atoms with Gasteiger partial charge in [0.05, 0.1) is 12.2 Å². The molecular weight excluding hydrogens is 244 g/mol. The highest BCUT2D eigenvalue weighted by atomic mass is 32.2. The quantitative estimate of drug-likeness (QED) is 0.580. The number of rotatable bonds is 7. The van der Waals surface area contributed by atoms with Gasteiger partial charge in [-0.05, 0) is 12.1 Å². The Morgan fingerprint density at radius 3 is 2.62 bits per heavy atom.